The van der Waals surface area contributed by atoms with Gasteiger partial charge in [-0.15, -0.1) is 0 Å². The second-order valence-corrected chi connectivity index (χ2v) is 5.61. The molecule has 0 aliphatic carbocycles. The Kier molecular flexibility index (Phi) is 3.86. The smallest absolute Gasteiger partial charge is 0.140 e. The second-order valence-electron chi connectivity index (χ2n) is 5.26. The predicted molar refractivity (Wildman–Crippen MR) is 74.4 cm³/mol. The first-order valence-electron chi connectivity index (χ1n) is 6.89. The number of hydrogen-bond acceptors (Lipinski definition) is 5. The summed E-state index contributed by atoms with van der Waals surface area (Å²) in [6.45, 7) is 4.21. The van der Waals surface area contributed by atoms with Crippen LogP contribution in [0.15, 0.2) is 6.33 Å². The average molecular weight is 283 g/mol. The van der Waals surface area contributed by atoms with Gasteiger partial charge in [0.05, 0.1) is 12.2 Å². The molecule has 0 aromatic carbocycles. The third kappa shape index (κ3) is 2.55. The molecule has 3 rings (SSSR count). The van der Waals surface area contributed by atoms with Crippen LogP contribution in [-0.2, 0) is 6.61 Å². The minimum Gasteiger partial charge on any atom is -0.391 e. The van der Waals surface area contributed by atoms with Crippen LogP contribution in [0.25, 0.3) is 0 Å². The summed E-state index contributed by atoms with van der Waals surface area (Å²) in [5.74, 6) is 0.802. The topological polar surface area (TPSA) is 52.5 Å². The van der Waals surface area contributed by atoms with Crippen LogP contribution in [0, 0.1) is 0 Å². The van der Waals surface area contributed by atoms with Gasteiger partial charge in [-0.1, -0.05) is 11.6 Å². The van der Waals surface area contributed by atoms with Gasteiger partial charge in [-0.3, -0.25) is 4.90 Å². The summed E-state index contributed by atoms with van der Waals surface area (Å²) in [6, 6.07) is 0.614. The van der Waals surface area contributed by atoms with Crippen molar-refractivity contribution in [3.05, 3.63) is 17.0 Å². The maximum absolute atomic E-state index is 9.49. The van der Waals surface area contributed by atoms with Crippen molar-refractivity contribution in [3.8, 4) is 0 Å². The lowest BCUT2D eigenvalue weighted by molar-refractivity contribution is 0.272. The minimum absolute atomic E-state index is 0.111. The average Bonchev–Trinajstić information content (AvgIpc) is 2.76. The van der Waals surface area contributed by atoms with Crippen molar-refractivity contribution in [1.29, 1.82) is 0 Å². The largest absolute Gasteiger partial charge is 0.391 e. The molecule has 2 saturated heterocycles. The molecule has 0 spiro atoms. The van der Waals surface area contributed by atoms with Crippen LogP contribution in [0.4, 0.5) is 5.82 Å². The van der Waals surface area contributed by atoms with Crippen LogP contribution in [0.1, 0.15) is 24.8 Å². The van der Waals surface area contributed by atoms with E-state index in [1.165, 1.54) is 25.7 Å². The molecule has 0 bridgehead atoms. The number of anilines is 1. The molecule has 2 aliphatic rings. The monoisotopic (exact) mass is 282 g/mol. The van der Waals surface area contributed by atoms with E-state index < -0.39 is 0 Å². The zero-order chi connectivity index (χ0) is 13.2. The first-order valence-corrected chi connectivity index (χ1v) is 7.26. The fraction of sp³-hybridized carbons (Fsp3) is 0.692. The van der Waals surface area contributed by atoms with Crippen LogP contribution in [0.2, 0.25) is 5.15 Å². The normalized spacial score (nSPS) is 24.3. The lowest BCUT2D eigenvalue weighted by atomic mass is 10.2. The Bertz CT molecular complexity index is 456. The molecule has 6 heteroatoms. The number of aliphatic hydroxyl groups excluding tert-OH is 1. The molecule has 19 heavy (non-hydrogen) atoms. The molecule has 2 fully saturated rings. The van der Waals surface area contributed by atoms with Crippen molar-refractivity contribution in [2.24, 2.45) is 0 Å². The first kappa shape index (κ1) is 13.1. The highest BCUT2D eigenvalue weighted by Gasteiger charge is 2.30. The van der Waals surface area contributed by atoms with Crippen molar-refractivity contribution in [2.45, 2.75) is 31.9 Å². The van der Waals surface area contributed by atoms with Crippen molar-refractivity contribution < 1.29 is 5.11 Å². The Morgan fingerprint density at radius 1 is 1.26 bits per heavy atom. The van der Waals surface area contributed by atoms with Crippen molar-refractivity contribution in [3.63, 3.8) is 0 Å². The number of aliphatic hydroxyl groups is 1. The highest BCUT2D eigenvalue weighted by Crippen LogP contribution is 2.28. The number of fused-ring (bicyclic) bond motifs is 1. The lowest BCUT2D eigenvalue weighted by Gasteiger charge is -2.27. The molecule has 1 aromatic rings. The van der Waals surface area contributed by atoms with Crippen molar-refractivity contribution in [1.82, 2.24) is 14.9 Å². The van der Waals surface area contributed by atoms with Crippen LogP contribution in [0.3, 0.4) is 0 Å². The van der Waals surface area contributed by atoms with Gasteiger partial charge in [0.2, 0.25) is 0 Å². The minimum atomic E-state index is -0.111. The van der Waals surface area contributed by atoms with Gasteiger partial charge in [0, 0.05) is 25.7 Å². The summed E-state index contributed by atoms with van der Waals surface area (Å²) < 4.78 is 0. The number of halogens is 1. The SMILES string of the molecule is OCc1c(Cl)ncnc1N1CCCN2CCCC2C1. The van der Waals surface area contributed by atoms with E-state index in [0.717, 1.165) is 31.9 Å². The zero-order valence-electron chi connectivity index (χ0n) is 10.9. The standard InChI is InChI=1S/C13H19ClN4O/c14-12-11(8-19)13(16-9-15-12)18-6-2-5-17-4-1-3-10(17)7-18/h9-10,19H,1-8H2. The Morgan fingerprint density at radius 3 is 2.95 bits per heavy atom. The summed E-state index contributed by atoms with van der Waals surface area (Å²) in [5.41, 5.74) is 0.649. The van der Waals surface area contributed by atoms with E-state index in [-0.39, 0.29) is 6.61 Å². The second kappa shape index (κ2) is 5.61. The van der Waals surface area contributed by atoms with E-state index in [0.29, 0.717) is 16.8 Å². The van der Waals surface area contributed by atoms with E-state index >= 15 is 0 Å². The Balaban J connectivity index is 1.87. The van der Waals surface area contributed by atoms with Crippen LogP contribution < -0.4 is 4.90 Å². The third-order valence-electron chi connectivity index (χ3n) is 4.13. The summed E-state index contributed by atoms with van der Waals surface area (Å²) in [6.07, 6.45) is 5.15. The van der Waals surface area contributed by atoms with Gasteiger partial charge in [-0.05, 0) is 25.8 Å². The molecule has 3 heterocycles. The number of nitrogens with zero attached hydrogens (tertiary/aromatic N) is 4. The molecule has 0 saturated carbocycles. The van der Waals surface area contributed by atoms with E-state index in [4.69, 9.17) is 11.6 Å². The maximum atomic E-state index is 9.49. The fourth-order valence-corrected chi connectivity index (χ4v) is 3.38. The van der Waals surface area contributed by atoms with E-state index in [9.17, 15) is 5.11 Å². The summed E-state index contributed by atoms with van der Waals surface area (Å²) in [7, 11) is 0. The van der Waals surface area contributed by atoms with Crippen LogP contribution >= 0.6 is 11.6 Å². The molecular formula is C13H19ClN4O. The summed E-state index contributed by atoms with van der Waals surface area (Å²) in [4.78, 5) is 13.1. The molecule has 1 N–H and O–H groups in total. The van der Waals surface area contributed by atoms with E-state index in [2.05, 4.69) is 19.8 Å². The van der Waals surface area contributed by atoms with Crippen LogP contribution in [-0.4, -0.2) is 52.2 Å². The van der Waals surface area contributed by atoms with E-state index in [1.807, 2.05) is 0 Å². The Morgan fingerprint density at radius 2 is 2.11 bits per heavy atom. The molecule has 104 valence electrons. The van der Waals surface area contributed by atoms with Gasteiger partial charge in [-0.25, -0.2) is 9.97 Å². The van der Waals surface area contributed by atoms with E-state index in [1.54, 1.807) is 0 Å². The van der Waals surface area contributed by atoms with Gasteiger partial charge in [0.15, 0.2) is 0 Å². The van der Waals surface area contributed by atoms with Gasteiger partial charge >= 0.3 is 0 Å². The van der Waals surface area contributed by atoms with Gasteiger partial charge < -0.3 is 10.0 Å². The molecule has 5 nitrogen and oxygen atoms in total. The lowest BCUT2D eigenvalue weighted by Crippen LogP contribution is -2.37. The first-order chi connectivity index (χ1) is 9.29. The number of aromatic nitrogens is 2. The van der Waals surface area contributed by atoms with Gasteiger partial charge in [0.25, 0.3) is 0 Å². The number of hydrogen-bond donors (Lipinski definition) is 1. The molecule has 0 amide bonds. The Labute approximate surface area is 118 Å². The Hall–Kier alpha value is -0.910. The molecule has 1 unspecified atom stereocenters. The molecule has 1 atom stereocenters. The highest BCUT2D eigenvalue weighted by molar-refractivity contribution is 6.30. The third-order valence-corrected chi connectivity index (χ3v) is 4.46. The van der Waals surface area contributed by atoms with Crippen molar-refractivity contribution >= 4 is 17.4 Å². The summed E-state index contributed by atoms with van der Waals surface area (Å²) in [5, 5.41) is 9.85. The van der Waals surface area contributed by atoms with Crippen LogP contribution in [0.5, 0.6) is 0 Å². The zero-order valence-corrected chi connectivity index (χ0v) is 11.7. The maximum Gasteiger partial charge on any atom is 0.140 e. The fourth-order valence-electron chi connectivity index (χ4n) is 3.19. The predicted octanol–water partition coefficient (Wildman–Crippen LogP) is 1.30. The summed E-state index contributed by atoms with van der Waals surface area (Å²) >= 11 is 6.05. The highest BCUT2D eigenvalue weighted by atomic mass is 35.5. The number of rotatable bonds is 2. The van der Waals surface area contributed by atoms with Gasteiger partial charge in [0.1, 0.15) is 17.3 Å². The van der Waals surface area contributed by atoms with Gasteiger partial charge in [-0.2, -0.15) is 0 Å². The molecule has 1 aromatic heterocycles. The molecule has 2 aliphatic heterocycles. The molecular weight excluding hydrogens is 264 g/mol. The van der Waals surface area contributed by atoms with Crippen molar-refractivity contribution in [2.75, 3.05) is 31.1 Å². The molecule has 0 radical (unpaired) electrons. The quantitative estimate of drug-likeness (QED) is 0.829.